The molecule has 29 heavy (non-hydrogen) atoms. The number of amides is 2. The number of nitrogens with zero attached hydrogens (tertiary/aromatic N) is 2. The third-order valence-corrected chi connectivity index (χ3v) is 5.43. The smallest absolute Gasteiger partial charge is 0.254 e. The van der Waals surface area contributed by atoms with E-state index in [9.17, 15) is 9.59 Å². The van der Waals surface area contributed by atoms with Crippen LogP contribution in [0.2, 0.25) is 10.0 Å². The maximum Gasteiger partial charge on any atom is 0.254 e. The minimum atomic E-state index is -0.155. The Morgan fingerprint density at radius 3 is 2.45 bits per heavy atom. The van der Waals surface area contributed by atoms with Gasteiger partial charge in [-0.1, -0.05) is 29.3 Å². The van der Waals surface area contributed by atoms with Crippen LogP contribution in [-0.2, 0) is 4.79 Å². The van der Waals surface area contributed by atoms with Crippen LogP contribution in [0.25, 0.3) is 0 Å². The van der Waals surface area contributed by atoms with E-state index >= 15 is 0 Å². The minimum Gasteiger partial charge on any atom is -0.496 e. The number of halogens is 2. The Hall–Kier alpha value is -2.28. The van der Waals surface area contributed by atoms with Crippen LogP contribution in [0, 0.1) is 6.92 Å². The van der Waals surface area contributed by atoms with E-state index in [1.165, 1.54) is 0 Å². The fourth-order valence-electron chi connectivity index (χ4n) is 3.23. The molecule has 8 heteroatoms. The lowest BCUT2D eigenvalue weighted by Crippen LogP contribution is -2.50. The Balaban J connectivity index is 1.52. The normalized spacial score (nSPS) is 14.6. The highest BCUT2D eigenvalue weighted by Crippen LogP contribution is 2.25. The molecule has 0 saturated carbocycles. The van der Waals surface area contributed by atoms with Gasteiger partial charge in [0.15, 0.2) is 0 Å². The lowest BCUT2D eigenvalue weighted by molar-refractivity contribution is -0.117. The number of nitrogens with one attached hydrogen (secondary N) is 1. The van der Waals surface area contributed by atoms with Gasteiger partial charge in [-0.3, -0.25) is 14.5 Å². The average molecular weight is 436 g/mol. The average Bonchev–Trinajstić information content (AvgIpc) is 2.70. The molecule has 0 aliphatic carbocycles. The van der Waals surface area contributed by atoms with Crippen molar-refractivity contribution in [3.05, 3.63) is 57.6 Å². The summed E-state index contributed by atoms with van der Waals surface area (Å²) in [5.41, 5.74) is 2.12. The van der Waals surface area contributed by atoms with Crippen molar-refractivity contribution in [1.82, 2.24) is 9.80 Å². The van der Waals surface area contributed by atoms with Crippen LogP contribution in [0.1, 0.15) is 15.9 Å². The molecule has 0 atom stereocenters. The molecule has 0 radical (unpaired) electrons. The van der Waals surface area contributed by atoms with E-state index in [4.69, 9.17) is 27.9 Å². The Labute approximate surface area is 180 Å². The molecule has 1 aliphatic heterocycles. The summed E-state index contributed by atoms with van der Waals surface area (Å²) in [5, 5.41) is 3.71. The number of anilines is 1. The number of carbonyl (C=O) groups excluding carboxylic acids is 2. The van der Waals surface area contributed by atoms with Crippen LogP contribution in [0.4, 0.5) is 5.69 Å². The van der Waals surface area contributed by atoms with Crippen molar-refractivity contribution in [2.75, 3.05) is 45.2 Å². The fraction of sp³-hybridized carbons (Fsp3) is 0.333. The molecule has 3 rings (SSSR count). The molecule has 2 amide bonds. The van der Waals surface area contributed by atoms with Crippen LogP contribution in [-0.4, -0.2) is 61.4 Å². The van der Waals surface area contributed by atoms with Crippen LogP contribution in [0.3, 0.4) is 0 Å². The highest BCUT2D eigenvalue weighted by molar-refractivity contribution is 6.36. The zero-order chi connectivity index (χ0) is 21.0. The molecule has 1 fully saturated rings. The molecule has 2 aromatic rings. The van der Waals surface area contributed by atoms with Gasteiger partial charge in [-0.05, 0) is 42.8 Å². The first-order chi connectivity index (χ1) is 13.9. The van der Waals surface area contributed by atoms with E-state index in [0.29, 0.717) is 53.2 Å². The summed E-state index contributed by atoms with van der Waals surface area (Å²) in [6, 6.07) is 10.4. The summed E-state index contributed by atoms with van der Waals surface area (Å²) in [6.07, 6.45) is 0. The van der Waals surface area contributed by atoms with Gasteiger partial charge in [-0.2, -0.15) is 0 Å². The number of piperazine rings is 1. The van der Waals surface area contributed by atoms with Gasteiger partial charge in [-0.25, -0.2) is 0 Å². The molecule has 1 N–H and O–H groups in total. The Morgan fingerprint density at radius 1 is 1.07 bits per heavy atom. The van der Waals surface area contributed by atoms with Gasteiger partial charge in [-0.15, -0.1) is 0 Å². The lowest BCUT2D eigenvalue weighted by atomic mass is 10.1. The third kappa shape index (κ3) is 5.41. The summed E-state index contributed by atoms with van der Waals surface area (Å²) in [6.45, 7) is 4.54. The van der Waals surface area contributed by atoms with E-state index in [2.05, 4.69) is 5.32 Å². The number of ether oxygens (including phenoxy) is 1. The molecule has 6 nitrogen and oxygen atoms in total. The quantitative estimate of drug-likeness (QED) is 0.777. The topological polar surface area (TPSA) is 61.9 Å². The van der Waals surface area contributed by atoms with Crippen LogP contribution < -0.4 is 10.1 Å². The molecule has 1 saturated heterocycles. The van der Waals surface area contributed by atoms with E-state index in [1.54, 1.807) is 36.3 Å². The lowest BCUT2D eigenvalue weighted by Gasteiger charge is -2.34. The first-order valence-corrected chi connectivity index (χ1v) is 10.0. The van der Waals surface area contributed by atoms with Crippen molar-refractivity contribution < 1.29 is 14.3 Å². The van der Waals surface area contributed by atoms with E-state index in [0.717, 1.165) is 5.56 Å². The number of benzene rings is 2. The number of hydrogen-bond acceptors (Lipinski definition) is 4. The van der Waals surface area contributed by atoms with Crippen molar-refractivity contribution >= 4 is 40.7 Å². The maximum atomic E-state index is 12.8. The van der Waals surface area contributed by atoms with Crippen LogP contribution in [0.15, 0.2) is 36.4 Å². The molecular weight excluding hydrogens is 413 g/mol. The zero-order valence-electron chi connectivity index (χ0n) is 16.4. The van der Waals surface area contributed by atoms with Gasteiger partial charge < -0.3 is 15.0 Å². The predicted molar refractivity (Wildman–Crippen MR) is 115 cm³/mol. The summed E-state index contributed by atoms with van der Waals surface area (Å²) in [4.78, 5) is 28.9. The summed E-state index contributed by atoms with van der Waals surface area (Å²) >= 11 is 12.0. The second kappa shape index (κ2) is 9.48. The maximum absolute atomic E-state index is 12.8. The molecule has 0 spiro atoms. The Morgan fingerprint density at radius 2 is 1.79 bits per heavy atom. The van der Waals surface area contributed by atoms with Gasteiger partial charge in [0.25, 0.3) is 5.91 Å². The van der Waals surface area contributed by atoms with Gasteiger partial charge in [0.1, 0.15) is 5.75 Å². The van der Waals surface area contributed by atoms with E-state index in [-0.39, 0.29) is 18.4 Å². The SMILES string of the molecule is COc1cc(C(=O)N2CCN(CC(=O)Nc3ccc(Cl)cc3Cl)CC2)ccc1C. The molecule has 1 aliphatic rings. The number of hydrogen-bond donors (Lipinski definition) is 1. The molecule has 0 bridgehead atoms. The fourth-order valence-corrected chi connectivity index (χ4v) is 3.68. The van der Waals surface area contributed by atoms with Gasteiger partial charge in [0.05, 0.1) is 24.4 Å². The first kappa shape index (κ1) is 21.4. The summed E-state index contributed by atoms with van der Waals surface area (Å²) < 4.78 is 5.31. The van der Waals surface area contributed by atoms with Crippen molar-refractivity contribution in [2.24, 2.45) is 0 Å². The third-order valence-electron chi connectivity index (χ3n) is 4.89. The molecule has 2 aromatic carbocycles. The van der Waals surface area contributed by atoms with Crippen LogP contribution in [0.5, 0.6) is 5.75 Å². The number of rotatable bonds is 5. The number of methoxy groups -OCH3 is 1. The molecule has 1 heterocycles. The largest absolute Gasteiger partial charge is 0.496 e. The summed E-state index contributed by atoms with van der Waals surface area (Å²) in [5.74, 6) is 0.518. The molecular formula is C21H23Cl2N3O3. The predicted octanol–water partition coefficient (Wildman–Crippen LogP) is 3.71. The van der Waals surface area contributed by atoms with Crippen molar-refractivity contribution in [3.63, 3.8) is 0 Å². The van der Waals surface area contributed by atoms with Gasteiger partial charge in [0.2, 0.25) is 5.91 Å². The first-order valence-electron chi connectivity index (χ1n) is 9.28. The minimum absolute atomic E-state index is 0.0275. The van der Waals surface area contributed by atoms with Crippen molar-refractivity contribution in [2.45, 2.75) is 6.92 Å². The number of carbonyl (C=O) groups is 2. The highest BCUT2D eigenvalue weighted by Gasteiger charge is 2.24. The standard InChI is InChI=1S/C21H23Cl2N3O3/c1-14-3-4-15(11-19(14)29-2)21(28)26-9-7-25(8-10-26)13-20(27)24-18-6-5-16(22)12-17(18)23/h3-6,11-12H,7-10,13H2,1-2H3,(H,24,27). The van der Waals surface area contributed by atoms with Crippen LogP contribution >= 0.6 is 23.2 Å². The highest BCUT2D eigenvalue weighted by atomic mass is 35.5. The van der Waals surface area contributed by atoms with Gasteiger partial charge in [0, 0.05) is 36.8 Å². The second-order valence-electron chi connectivity index (χ2n) is 6.93. The molecule has 0 unspecified atom stereocenters. The summed E-state index contributed by atoms with van der Waals surface area (Å²) in [7, 11) is 1.59. The monoisotopic (exact) mass is 435 g/mol. The van der Waals surface area contributed by atoms with Gasteiger partial charge >= 0.3 is 0 Å². The molecule has 0 aromatic heterocycles. The number of aryl methyl sites for hydroxylation is 1. The van der Waals surface area contributed by atoms with Crippen molar-refractivity contribution in [3.8, 4) is 5.75 Å². The van der Waals surface area contributed by atoms with E-state index in [1.807, 2.05) is 24.0 Å². The second-order valence-corrected chi connectivity index (χ2v) is 7.77. The van der Waals surface area contributed by atoms with Crippen molar-refractivity contribution in [1.29, 1.82) is 0 Å². The zero-order valence-corrected chi connectivity index (χ0v) is 17.9. The van der Waals surface area contributed by atoms with E-state index < -0.39 is 0 Å². The Kier molecular flexibility index (Phi) is 7.00. The Bertz CT molecular complexity index is 912. The molecule has 154 valence electrons.